The number of halogens is 2. The second-order valence-corrected chi connectivity index (χ2v) is 9.32. The van der Waals surface area contributed by atoms with Gasteiger partial charge in [-0.2, -0.15) is 0 Å². The van der Waals surface area contributed by atoms with Gasteiger partial charge in [-0.05, 0) is 46.5 Å². The Morgan fingerprint density at radius 2 is 1.97 bits per heavy atom. The summed E-state index contributed by atoms with van der Waals surface area (Å²) in [6.07, 6.45) is 5.39. The zero-order valence-corrected chi connectivity index (χ0v) is 18.7. The van der Waals surface area contributed by atoms with Crippen LogP contribution in [0.25, 0.3) is 5.70 Å². The molecule has 0 radical (unpaired) electrons. The molecule has 3 aliphatic rings. The Hall–Kier alpha value is -1.34. The maximum Gasteiger partial charge on any atom is 0.263 e. The van der Waals surface area contributed by atoms with Crippen molar-refractivity contribution in [2.75, 3.05) is 24.6 Å². The molecule has 6 nitrogen and oxygen atoms in total. The summed E-state index contributed by atoms with van der Waals surface area (Å²) in [5, 5.41) is 1.02. The predicted octanol–water partition coefficient (Wildman–Crippen LogP) is 3.52. The fourth-order valence-electron chi connectivity index (χ4n) is 4.79. The molecule has 29 heavy (non-hydrogen) atoms. The number of hydrogen-bond donors (Lipinski definition) is 1. The number of nitrogens with two attached hydrogens (primary N) is 1. The molecule has 158 valence electrons. The normalized spacial score (nSPS) is 27.0. The first-order chi connectivity index (χ1) is 13.7. The van der Waals surface area contributed by atoms with E-state index in [2.05, 4.69) is 4.90 Å². The Morgan fingerprint density at radius 1 is 1.28 bits per heavy atom. The van der Waals surface area contributed by atoms with Crippen LogP contribution in [-0.2, 0) is 4.74 Å². The van der Waals surface area contributed by atoms with E-state index in [1.165, 1.54) is 0 Å². The summed E-state index contributed by atoms with van der Waals surface area (Å²) in [4.78, 5) is 20.2. The standard InChI is InChI=1S/C21H28Cl2N4O2/c1-12-19(26-9-7-21(8-10-26)11-29-13(2)18(21)24)25-14(3)27(20(12)28)16-6-4-5-15(22)17(16)23/h6,13,18H,4-5,7-11,24H2,1-3H3/t13-,18+/m0/s1. The van der Waals surface area contributed by atoms with Crippen molar-refractivity contribution in [3.8, 4) is 0 Å². The lowest BCUT2D eigenvalue weighted by atomic mass is 9.73. The van der Waals surface area contributed by atoms with Gasteiger partial charge < -0.3 is 15.4 Å². The third-order valence-electron chi connectivity index (χ3n) is 6.76. The summed E-state index contributed by atoms with van der Waals surface area (Å²) < 4.78 is 7.40. The highest BCUT2D eigenvalue weighted by Gasteiger charge is 2.47. The molecular formula is C21H28Cl2N4O2. The van der Waals surface area contributed by atoms with Gasteiger partial charge in [0.15, 0.2) is 0 Å². The fourth-order valence-corrected chi connectivity index (χ4v) is 5.25. The van der Waals surface area contributed by atoms with Crippen LogP contribution in [0.1, 0.15) is 44.0 Å². The molecule has 3 heterocycles. The number of allylic oxidation sites excluding steroid dienone is 4. The average molecular weight is 439 g/mol. The molecule has 0 amide bonds. The molecule has 1 aromatic rings. The van der Waals surface area contributed by atoms with Crippen LogP contribution >= 0.6 is 23.2 Å². The Labute approximate surface area is 181 Å². The van der Waals surface area contributed by atoms with Crippen molar-refractivity contribution in [2.24, 2.45) is 11.1 Å². The van der Waals surface area contributed by atoms with Crippen molar-refractivity contribution in [1.82, 2.24) is 9.55 Å². The van der Waals surface area contributed by atoms with Gasteiger partial charge >= 0.3 is 0 Å². The van der Waals surface area contributed by atoms with E-state index in [4.69, 9.17) is 38.7 Å². The van der Waals surface area contributed by atoms with Gasteiger partial charge in [-0.1, -0.05) is 29.3 Å². The van der Waals surface area contributed by atoms with Crippen LogP contribution in [0, 0.1) is 19.3 Å². The SMILES string of the molecule is Cc1c(N2CCC3(CC2)CO[C@@H](C)[C@H]3N)nc(C)n(C2=CCCC(Cl)=C2Cl)c1=O. The molecule has 1 aliphatic carbocycles. The average Bonchev–Trinajstić information content (AvgIpc) is 2.97. The zero-order valence-electron chi connectivity index (χ0n) is 17.2. The lowest BCUT2D eigenvalue weighted by Crippen LogP contribution is -2.51. The minimum Gasteiger partial charge on any atom is -0.376 e. The van der Waals surface area contributed by atoms with Crippen LogP contribution in [0.3, 0.4) is 0 Å². The maximum absolute atomic E-state index is 13.2. The zero-order chi connectivity index (χ0) is 20.9. The summed E-state index contributed by atoms with van der Waals surface area (Å²) in [6, 6.07) is 0.0605. The first-order valence-corrected chi connectivity index (χ1v) is 11.0. The second kappa shape index (κ2) is 7.73. The third kappa shape index (κ3) is 3.44. The number of hydrogen-bond acceptors (Lipinski definition) is 5. The molecule has 8 heteroatoms. The molecule has 2 saturated heterocycles. The van der Waals surface area contributed by atoms with Gasteiger partial charge in [-0.15, -0.1) is 0 Å². The lowest BCUT2D eigenvalue weighted by molar-refractivity contribution is 0.0974. The minimum atomic E-state index is -0.0990. The van der Waals surface area contributed by atoms with Gasteiger partial charge in [-0.25, -0.2) is 4.98 Å². The number of aromatic nitrogens is 2. The van der Waals surface area contributed by atoms with Crippen molar-refractivity contribution in [2.45, 2.75) is 58.6 Å². The van der Waals surface area contributed by atoms with E-state index in [-0.39, 0.29) is 23.1 Å². The van der Waals surface area contributed by atoms with E-state index in [0.29, 0.717) is 33.6 Å². The Kier molecular flexibility index (Phi) is 5.57. The molecule has 0 unspecified atom stereocenters. The second-order valence-electron chi connectivity index (χ2n) is 8.49. The van der Waals surface area contributed by atoms with Crippen LogP contribution in [0.15, 0.2) is 20.9 Å². The van der Waals surface area contributed by atoms with E-state index in [0.717, 1.165) is 44.8 Å². The molecule has 0 saturated carbocycles. The van der Waals surface area contributed by atoms with Gasteiger partial charge in [0.2, 0.25) is 0 Å². The van der Waals surface area contributed by atoms with Crippen molar-refractivity contribution in [3.05, 3.63) is 37.9 Å². The summed E-state index contributed by atoms with van der Waals surface area (Å²) in [5.74, 6) is 1.36. The molecule has 2 aliphatic heterocycles. The fraction of sp³-hybridized carbons (Fsp3) is 0.619. The molecule has 2 fully saturated rings. The predicted molar refractivity (Wildman–Crippen MR) is 117 cm³/mol. The van der Waals surface area contributed by atoms with Crippen LogP contribution in [0.2, 0.25) is 0 Å². The van der Waals surface area contributed by atoms with Gasteiger partial charge in [0.05, 0.1) is 29.0 Å². The minimum absolute atomic E-state index is 0.0375. The molecule has 2 atom stereocenters. The van der Waals surface area contributed by atoms with Gasteiger partial charge in [-0.3, -0.25) is 9.36 Å². The van der Waals surface area contributed by atoms with Crippen molar-refractivity contribution in [1.29, 1.82) is 0 Å². The third-order valence-corrected chi connectivity index (χ3v) is 7.66. The number of anilines is 1. The summed E-state index contributed by atoms with van der Waals surface area (Å²) in [7, 11) is 0. The number of piperidine rings is 1. The van der Waals surface area contributed by atoms with E-state index in [1.54, 1.807) is 4.57 Å². The van der Waals surface area contributed by atoms with Crippen LogP contribution in [0.4, 0.5) is 5.82 Å². The highest BCUT2D eigenvalue weighted by atomic mass is 35.5. The lowest BCUT2D eigenvalue weighted by Gasteiger charge is -2.42. The van der Waals surface area contributed by atoms with E-state index < -0.39 is 0 Å². The first kappa shape index (κ1) is 20.9. The quantitative estimate of drug-likeness (QED) is 0.764. The van der Waals surface area contributed by atoms with Crippen molar-refractivity contribution < 1.29 is 4.74 Å². The molecule has 0 aromatic carbocycles. The Bertz CT molecular complexity index is 945. The van der Waals surface area contributed by atoms with E-state index in [9.17, 15) is 4.79 Å². The van der Waals surface area contributed by atoms with Gasteiger partial charge in [0.1, 0.15) is 11.6 Å². The molecule has 2 N–H and O–H groups in total. The molecular weight excluding hydrogens is 411 g/mol. The largest absolute Gasteiger partial charge is 0.376 e. The summed E-state index contributed by atoms with van der Waals surface area (Å²) in [5.41, 5.74) is 7.63. The molecule has 4 rings (SSSR count). The van der Waals surface area contributed by atoms with Gasteiger partial charge in [0.25, 0.3) is 5.56 Å². The first-order valence-electron chi connectivity index (χ1n) is 10.2. The number of ether oxygens (including phenoxy) is 1. The topological polar surface area (TPSA) is 73.4 Å². The maximum atomic E-state index is 13.2. The van der Waals surface area contributed by atoms with Crippen molar-refractivity contribution >= 4 is 34.7 Å². The Balaban J connectivity index is 1.63. The van der Waals surface area contributed by atoms with Crippen molar-refractivity contribution in [3.63, 3.8) is 0 Å². The monoisotopic (exact) mass is 438 g/mol. The number of rotatable bonds is 2. The van der Waals surface area contributed by atoms with Gasteiger partial charge in [0, 0.05) is 29.6 Å². The number of nitrogens with zero attached hydrogens (tertiary/aromatic N) is 3. The molecule has 0 bridgehead atoms. The summed E-state index contributed by atoms with van der Waals surface area (Å²) in [6.45, 7) is 8.07. The summed E-state index contributed by atoms with van der Waals surface area (Å²) >= 11 is 12.6. The highest BCUT2D eigenvalue weighted by molar-refractivity contribution is 6.43. The number of aryl methyl sites for hydroxylation is 1. The smallest absolute Gasteiger partial charge is 0.263 e. The van der Waals surface area contributed by atoms with E-state index >= 15 is 0 Å². The highest BCUT2D eigenvalue weighted by Crippen LogP contribution is 2.42. The molecule has 1 spiro atoms. The van der Waals surface area contributed by atoms with Crippen LogP contribution < -0.4 is 16.2 Å². The van der Waals surface area contributed by atoms with Crippen LogP contribution in [0.5, 0.6) is 0 Å². The molecule has 1 aromatic heterocycles. The van der Waals surface area contributed by atoms with Crippen LogP contribution in [-0.4, -0.2) is 41.4 Å². The van der Waals surface area contributed by atoms with E-state index in [1.807, 2.05) is 26.8 Å². The Morgan fingerprint density at radius 3 is 2.59 bits per heavy atom.